The molecule has 0 saturated carbocycles. The van der Waals surface area contributed by atoms with Gasteiger partial charge in [0.1, 0.15) is 5.40 Å². The molecule has 0 unspecified atom stereocenters. The molecule has 1 aliphatic rings. The number of rotatable bonds is 5. The maximum atomic E-state index is 11.9. The van der Waals surface area contributed by atoms with Gasteiger partial charge in [-0.25, -0.2) is 0 Å². The third-order valence-electron chi connectivity index (χ3n) is 3.58. The molecule has 0 bridgehead atoms. The SMILES string of the molecule is Cc1cc(SC#N)ccc1NC(=O)COC(=O)[C@@H]1CC=CCC1. The van der Waals surface area contributed by atoms with E-state index in [1.165, 1.54) is 0 Å². The molecule has 0 fully saturated rings. The Morgan fingerprint density at radius 2 is 2.26 bits per heavy atom. The average molecular weight is 330 g/mol. The third-order valence-corrected chi connectivity index (χ3v) is 4.16. The molecule has 0 aliphatic heterocycles. The number of carbonyl (C=O) groups is 2. The summed E-state index contributed by atoms with van der Waals surface area (Å²) in [5.41, 5.74) is 1.50. The van der Waals surface area contributed by atoms with Crippen LogP contribution in [0.2, 0.25) is 0 Å². The highest BCUT2D eigenvalue weighted by molar-refractivity contribution is 8.03. The zero-order valence-corrected chi connectivity index (χ0v) is 13.7. The van der Waals surface area contributed by atoms with E-state index in [9.17, 15) is 9.59 Å². The van der Waals surface area contributed by atoms with Crippen LogP contribution in [0.3, 0.4) is 0 Å². The minimum Gasteiger partial charge on any atom is -0.455 e. The Morgan fingerprint density at radius 3 is 2.91 bits per heavy atom. The van der Waals surface area contributed by atoms with Gasteiger partial charge in [0, 0.05) is 10.6 Å². The van der Waals surface area contributed by atoms with Crippen molar-refractivity contribution in [1.29, 1.82) is 5.26 Å². The second kappa shape index (κ2) is 8.39. The first-order valence-corrected chi connectivity index (χ1v) is 8.20. The fourth-order valence-corrected chi connectivity index (χ4v) is 2.82. The van der Waals surface area contributed by atoms with E-state index in [0.717, 1.165) is 35.1 Å². The fourth-order valence-electron chi connectivity index (χ4n) is 2.34. The van der Waals surface area contributed by atoms with Crippen LogP contribution in [-0.4, -0.2) is 18.5 Å². The topological polar surface area (TPSA) is 79.2 Å². The smallest absolute Gasteiger partial charge is 0.309 e. The molecular weight excluding hydrogens is 312 g/mol. The Bertz CT molecular complexity index is 664. The number of thioether (sulfide) groups is 1. The zero-order chi connectivity index (χ0) is 16.7. The van der Waals surface area contributed by atoms with Crippen LogP contribution in [0, 0.1) is 23.5 Å². The number of benzene rings is 1. The summed E-state index contributed by atoms with van der Waals surface area (Å²) >= 11 is 1.06. The van der Waals surface area contributed by atoms with E-state index in [2.05, 4.69) is 5.32 Å². The Hall–Kier alpha value is -2.26. The molecule has 1 aromatic carbocycles. The third kappa shape index (κ3) is 5.15. The number of aryl methyl sites for hydroxylation is 1. The number of amides is 1. The summed E-state index contributed by atoms with van der Waals surface area (Å²) < 4.78 is 5.09. The van der Waals surface area contributed by atoms with Crippen LogP contribution >= 0.6 is 11.8 Å². The lowest BCUT2D eigenvalue weighted by molar-refractivity contribution is -0.151. The number of nitriles is 1. The molecule has 120 valence electrons. The van der Waals surface area contributed by atoms with Gasteiger partial charge in [0.05, 0.1) is 5.92 Å². The van der Waals surface area contributed by atoms with Gasteiger partial charge in [0.15, 0.2) is 6.61 Å². The largest absolute Gasteiger partial charge is 0.455 e. The maximum Gasteiger partial charge on any atom is 0.309 e. The summed E-state index contributed by atoms with van der Waals surface area (Å²) in [6.07, 6.45) is 6.34. The number of nitrogens with one attached hydrogen (secondary N) is 1. The minimum atomic E-state index is -0.367. The predicted octanol–water partition coefficient (Wildman–Crippen LogP) is 3.41. The number of ether oxygens (including phenoxy) is 1. The van der Waals surface area contributed by atoms with Gasteiger partial charge >= 0.3 is 5.97 Å². The van der Waals surface area contributed by atoms with Crippen LogP contribution < -0.4 is 5.32 Å². The highest BCUT2D eigenvalue weighted by atomic mass is 32.2. The summed E-state index contributed by atoms with van der Waals surface area (Å²) in [4.78, 5) is 24.6. The van der Waals surface area contributed by atoms with Crippen molar-refractivity contribution in [3.05, 3.63) is 35.9 Å². The van der Waals surface area contributed by atoms with E-state index < -0.39 is 0 Å². The number of hydrogen-bond acceptors (Lipinski definition) is 5. The molecule has 1 atom stereocenters. The normalized spacial score (nSPS) is 16.4. The highest BCUT2D eigenvalue weighted by Gasteiger charge is 2.21. The first-order valence-electron chi connectivity index (χ1n) is 7.38. The van der Waals surface area contributed by atoms with Crippen LogP contribution in [0.4, 0.5) is 5.69 Å². The molecule has 0 radical (unpaired) electrons. The summed E-state index contributed by atoms with van der Waals surface area (Å²) in [6, 6.07) is 5.32. The van der Waals surface area contributed by atoms with Crippen LogP contribution in [0.5, 0.6) is 0 Å². The Kier molecular flexibility index (Phi) is 6.24. The molecule has 5 nitrogen and oxygen atoms in total. The van der Waals surface area contributed by atoms with Crippen LogP contribution in [0.15, 0.2) is 35.2 Å². The second-order valence-electron chi connectivity index (χ2n) is 5.31. The monoisotopic (exact) mass is 330 g/mol. The molecule has 23 heavy (non-hydrogen) atoms. The first-order chi connectivity index (χ1) is 11.1. The van der Waals surface area contributed by atoms with Gasteiger partial charge in [-0.3, -0.25) is 9.59 Å². The van der Waals surface area contributed by atoms with Crippen LogP contribution in [-0.2, 0) is 14.3 Å². The predicted molar refractivity (Wildman–Crippen MR) is 88.7 cm³/mol. The van der Waals surface area contributed by atoms with Crippen molar-refractivity contribution in [3.63, 3.8) is 0 Å². The molecule has 0 saturated heterocycles. The number of allylic oxidation sites excluding steroid dienone is 2. The molecule has 0 spiro atoms. The summed E-state index contributed by atoms with van der Waals surface area (Å²) in [7, 11) is 0. The van der Waals surface area contributed by atoms with E-state index >= 15 is 0 Å². The summed E-state index contributed by atoms with van der Waals surface area (Å²) in [5, 5.41) is 13.4. The van der Waals surface area contributed by atoms with Gasteiger partial charge < -0.3 is 10.1 Å². The van der Waals surface area contributed by atoms with Crippen molar-refractivity contribution < 1.29 is 14.3 Å². The molecule has 6 heteroatoms. The molecular formula is C17H18N2O3S. The number of nitrogens with zero attached hydrogens (tertiary/aromatic N) is 1. The first kappa shape index (κ1) is 17.1. The maximum absolute atomic E-state index is 11.9. The zero-order valence-electron chi connectivity index (χ0n) is 12.9. The Balaban J connectivity index is 1.84. The Labute approximate surface area is 139 Å². The van der Waals surface area contributed by atoms with E-state index in [-0.39, 0.29) is 24.4 Å². The van der Waals surface area contributed by atoms with Crippen LogP contribution in [0.1, 0.15) is 24.8 Å². The number of esters is 1. The van der Waals surface area contributed by atoms with Gasteiger partial charge in [0.2, 0.25) is 0 Å². The highest BCUT2D eigenvalue weighted by Crippen LogP contribution is 2.23. The van der Waals surface area contributed by atoms with Gasteiger partial charge in [-0.15, -0.1) is 0 Å². The van der Waals surface area contributed by atoms with Gasteiger partial charge in [0.25, 0.3) is 5.91 Å². The van der Waals surface area contributed by atoms with E-state index in [1.807, 2.05) is 30.5 Å². The second-order valence-corrected chi connectivity index (χ2v) is 6.17. The van der Waals surface area contributed by atoms with E-state index in [1.54, 1.807) is 12.1 Å². The summed E-state index contributed by atoms with van der Waals surface area (Å²) in [5.74, 6) is -0.827. The molecule has 1 aliphatic carbocycles. The van der Waals surface area contributed by atoms with Crippen LogP contribution in [0.25, 0.3) is 0 Å². The molecule has 0 aromatic heterocycles. The molecule has 1 aromatic rings. The lowest BCUT2D eigenvalue weighted by Gasteiger charge is -2.16. The number of anilines is 1. The van der Waals surface area contributed by atoms with Gasteiger partial charge in [-0.05, 0) is 61.7 Å². The van der Waals surface area contributed by atoms with Crippen molar-refractivity contribution >= 4 is 29.3 Å². The number of carbonyl (C=O) groups excluding carboxylic acids is 2. The standard InChI is InChI=1S/C17H18N2O3S/c1-12-9-14(23-11-18)7-8-15(12)19-16(20)10-22-17(21)13-5-3-2-4-6-13/h2-3,7-9,13H,4-6,10H2,1H3,(H,19,20)/t13-/m1/s1. The minimum absolute atomic E-state index is 0.142. The summed E-state index contributed by atoms with van der Waals surface area (Å²) in [6.45, 7) is 1.56. The molecule has 1 N–H and O–H groups in total. The fraction of sp³-hybridized carbons (Fsp3) is 0.353. The van der Waals surface area contributed by atoms with Crippen molar-refractivity contribution in [1.82, 2.24) is 0 Å². The Morgan fingerprint density at radius 1 is 1.43 bits per heavy atom. The average Bonchev–Trinajstić information content (AvgIpc) is 2.56. The lowest BCUT2D eigenvalue weighted by atomic mass is 9.95. The molecule has 2 rings (SSSR count). The van der Waals surface area contributed by atoms with E-state index in [0.29, 0.717) is 12.1 Å². The van der Waals surface area contributed by atoms with E-state index in [4.69, 9.17) is 10.00 Å². The van der Waals surface area contributed by atoms with Crippen molar-refractivity contribution in [2.45, 2.75) is 31.1 Å². The molecule has 0 heterocycles. The van der Waals surface area contributed by atoms with Gasteiger partial charge in [-0.1, -0.05) is 12.2 Å². The molecule has 1 amide bonds. The number of hydrogen-bond donors (Lipinski definition) is 1. The quantitative estimate of drug-likeness (QED) is 0.387. The van der Waals surface area contributed by atoms with Gasteiger partial charge in [-0.2, -0.15) is 5.26 Å². The lowest BCUT2D eigenvalue weighted by Crippen LogP contribution is -2.25. The number of thiocyanates is 1. The van der Waals surface area contributed by atoms with Crippen molar-refractivity contribution in [3.8, 4) is 5.40 Å². The van der Waals surface area contributed by atoms with Crippen molar-refractivity contribution in [2.24, 2.45) is 5.92 Å². The van der Waals surface area contributed by atoms with Crippen molar-refractivity contribution in [2.75, 3.05) is 11.9 Å².